The van der Waals surface area contributed by atoms with Crippen LogP contribution >= 0.6 is 0 Å². The molecule has 0 saturated carbocycles. The molecule has 1 heterocycles. The summed E-state index contributed by atoms with van der Waals surface area (Å²) in [6.45, 7) is 11.6. The lowest BCUT2D eigenvalue weighted by Crippen LogP contribution is -2.05. The molecule has 0 radical (unpaired) electrons. The van der Waals surface area contributed by atoms with E-state index in [9.17, 15) is 4.79 Å². The molecule has 20 heavy (non-hydrogen) atoms. The van der Waals surface area contributed by atoms with Gasteiger partial charge in [-0.15, -0.1) is 6.58 Å². The van der Waals surface area contributed by atoms with Gasteiger partial charge in [-0.25, -0.2) is 4.79 Å². The van der Waals surface area contributed by atoms with Crippen LogP contribution in [0.3, 0.4) is 0 Å². The van der Waals surface area contributed by atoms with E-state index in [1.807, 2.05) is 38.1 Å². The summed E-state index contributed by atoms with van der Waals surface area (Å²) in [6, 6.07) is 5.81. The number of ether oxygens (including phenoxy) is 1. The molecule has 1 aromatic carbocycles. The summed E-state index contributed by atoms with van der Waals surface area (Å²) in [5, 5.41) is 0.810. The van der Waals surface area contributed by atoms with Gasteiger partial charge in [0.2, 0.25) is 0 Å². The van der Waals surface area contributed by atoms with E-state index in [0.717, 1.165) is 17.4 Å². The quantitative estimate of drug-likeness (QED) is 0.600. The molecule has 0 saturated heterocycles. The molecule has 1 aromatic heterocycles. The summed E-state index contributed by atoms with van der Waals surface area (Å²) >= 11 is 0. The van der Waals surface area contributed by atoms with E-state index in [1.54, 1.807) is 13.8 Å². The van der Waals surface area contributed by atoms with Gasteiger partial charge in [0.15, 0.2) is 0 Å². The van der Waals surface area contributed by atoms with Gasteiger partial charge in [-0.1, -0.05) is 26.0 Å². The van der Waals surface area contributed by atoms with Crippen LogP contribution in [-0.4, -0.2) is 12.6 Å². The zero-order valence-corrected chi connectivity index (χ0v) is 12.7. The Bertz CT molecular complexity index is 594. The highest BCUT2D eigenvalue weighted by atomic mass is 16.5. The molecule has 0 N–H and O–H groups in total. The fourth-order valence-corrected chi connectivity index (χ4v) is 2.02. The standard InChI is InChI=1S/C15H16O3.C2H6/c1-4-6-11-7-8-13-12(9-11)14(10(3)18-13)15(16)17-5-2;1-2/h4,7-9H,1,5-6H2,2-3H3;1-2H3. The second-order valence-electron chi connectivity index (χ2n) is 4.08. The fourth-order valence-electron chi connectivity index (χ4n) is 2.02. The average Bonchev–Trinajstić information content (AvgIpc) is 2.77. The van der Waals surface area contributed by atoms with Gasteiger partial charge >= 0.3 is 5.97 Å². The first kappa shape index (κ1) is 16.0. The molecule has 0 fully saturated rings. The van der Waals surface area contributed by atoms with E-state index in [0.29, 0.717) is 23.5 Å². The molecule has 2 aromatic rings. The molecule has 3 nitrogen and oxygen atoms in total. The van der Waals surface area contributed by atoms with Crippen molar-refractivity contribution in [2.75, 3.05) is 6.61 Å². The maximum atomic E-state index is 11.9. The van der Waals surface area contributed by atoms with Gasteiger partial charge < -0.3 is 9.15 Å². The van der Waals surface area contributed by atoms with Crippen molar-refractivity contribution in [2.24, 2.45) is 0 Å². The second-order valence-corrected chi connectivity index (χ2v) is 4.08. The lowest BCUT2D eigenvalue weighted by atomic mass is 10.1. The molecule has 0 unspecified atom stereocenters. The number of carbonyl (C=O) groups is 1. The third-order valence-electron chi connectivity index (χ3n) is 2.79. The molecule has 0 atom stereocenters. The Morgan fingerprint density at radius 1 is 1.40 bits per heavy atom. The Labute approximate surface area is 120 Å². The average molecular weight is 274 g/mol. The molecule has 2 rings (SSSR count). The van der Waals surface area contributed by atoms with Gasteiger partial charge in [0.1, 0.15) is 16.9 Å². The first-order valence-electron chi connectivity index (χ1n) is 6.97. The van der Waals surface area contributed by atoms with Crippen LogP contribution < -0.4 is 0 Å². The molecule has 0 aliphatic heterocycles. The molecule has 0 aliphatic carbocycles. The maximum Gasteiger partial charge on any atom is 0.342 e. The Morgan fingerprint density at radius 2 is 2.10 bits per heavy atom. The minimum absolute atomic E-state index is 0.329. The lowest BCUT2D eigenvalue weighted by Gasteiger charge is -2.01. The molecule has 3 heteroatoms. The molecular formula is C17H22O3. The third kappa shape index (κ3) is 3.29. The molecule has 0 spiro atoms. The van der Waals surface area contributed by atoms with Gasteiger partial charge in [-0.2, -0.15) is 0 Å². The number of esters is 1. The van der Waals surface area contributed by atoms with Gasteiger partial charge in [-0.3, -0.25) is 0 Å². The van der Waals surface area contributed by atoms with Crippen LogP contribution in [0, 0.1) is 6.92 Å². The van der Waals surface area contributed by atoms with E-state index < -0.39 is 0 Å². The topological polar surface area (TPSA) is 39.4 Å². The zero-order chi connectivity index (χ0) is 15.1. The van der Waals surface area contributed by atoms with Crippen molar-refractivity contribution >= 4 is 16.9 Å². The number of aryl methyl sites for hydroxylation is 1. The van der Waals surface area contributed by atoms with Crippen LogP contribution in [0.15, 0.2) is 35.3 Å². The monoisotopic (exact) mass is 274 g/mol. The first-order valence-corrected chi connectivity index (χ1v) is 6.97. The SMILES string of the molecule is C=CCc1ccc2oc(C)c(C(=O)OCC)c2c1.CC. The molecule has 108 valence electrons. The van der Waals surface area contributed by atoms with Crippen molar-refractivity contribution in [1.82, 2.24) is 0 Å². The van der Waals surface area contributed by atoms with Crippen molar-refractivity contribution in [2.45, 2.75) is 34.1 Å². The van der Waals surface area contributed by atoms with Crippen molar-refractivity contribution in [3.05, 3.63) is 47.7 Å². The Morgan fingerprint density at radius 3 is 2.70 bits per heavy atom. The Balaban J connectivity index is 0.000000956. The third-order valence-corrected chi connectivity index (χ3v) is 2.79. The van der Waals surface area contributed by atoms with Crippen LogP contribution in [0.5, 0.6) is 0 Å². The van der Waals surface area contributed by atoms with Crippen molar-refractivity contribution in [1.29, 1.82) is 0 Å². The minimum Gasteiger partial charge on any atom is -0.462 e. The Kier molecular flexibility index (Phi) is 6.04. The summed E-state index contributed by atoms with van der Waals surface area (Å²) in [6.07, 6.45) is 2.60. The van der Waals surface area contributed by atoms with Gasteiger partial charge in [0, 0.05) is 5.39 Å². The van der Waals surface area contributed by atoms with Crippen LogP contribution in [0.1, 0.15) is 42.5 Å². The normalized spacial score (nSPS) is 9.80. The van der Waals surface area contributed by atoms with E-state index >= 15 is 0 Å². The number of allylic oxidation sites excluding steroid dienone is 1. The second kappa shape index (κ2) is 7.53. The van der Waals surface area contributed by atoms with Crippen molar-refractivity contribution < 1.29 is 13.9 Å². The summed E-state index contributed by atoms with van der Waals surface area (Å²) in [5.74, 6) is 0.267. The number of rotatable bonds is 4. The number of furan rings is 1. The lowest BCUT2D eigenvalue weighted by molar-refractivity contribution is 0.0526. The highest BCUT2D eigenvalue weighted by molar-refractivity contribution is 6.04. The molecular weight excluding hydrogens is 252 g/mol. The predicted molar refractivity (Wildman–Crippen MR) is 82.2 cm³/mol. The predicted octanol–water partition coefficient (Wildman–Crippen LogP) is 4.67. The summed E-state index contributed by atoms with van der Waals surface area (Å²) in [7, 11) is 0. The minimum atomic E-state index is -0.329. The van der Waals surface area contributed by atoms with E-state index in [2.05, 4.69) is 6.58 Å². The number of carbonyl (C=O) groups excluding carboxylic acids is 1. The molecule has 0 bridgehead atoms. The number of hydrogen-bond acceptors (Lipinski definition) is 3. The summed E-state index contributed by atoms with van der Waals surface area (Å²) < 4.78 is 10.6. The van der Waals surface area contributed by atoms with Crippen molar-refractivity contribution in [3.8, 4) is 0 Å². The number of fused-ring (bicyclic) bond motifs is 1. The van der Waals surface area contributed by atoms with E-state index in [4.69, 9.17) is 9.15 Å². The van der Waals surface area contributed by atoms with Crippen LogP contribution in [-0.2, 0) is 11.2 Å². The smallest absolute Gasteiger partial charge is 0.342 e. The van der Waals surface area contributed by atoms with E-state index in [-0.39, 0.29) is 5.97 Å². The van der Waals surface area contributed by atoms with Gasteiger partial charge in [0.05, 0.1) is 6.61 Å². The summed E-state index contributed by atoms with van der Waals surface area (Å²) in [4.78, 5) is 11.9. The number of benzene rings is 1. The molecule has 0 amide bonds. The van der Waals surface area contributed by atoms with Gasteiger partial charge in [0.25, 0.3) is 0 Å². The fraction of sp³-hybridized carbons (Fsp3) is 0.353. The van der Waals surface area contributed by atoms with Gasteiger partial charge in [-0.05, 0) is 38.0 Å². The molecule has 0 aliphatic rings. The highest BCUT2D eigenvalue weighted by Crippen LogP contribution is 2.27. The zero-order valence-electron chi connectivity index (χ0n) is 12.7. The largest absolute Gasteiger partial charge is 0.462 e. The number of hydrogen-bond donors (Lipinski definition) is 0. The summed E-state index contributed by atoms with van der Waals surface area (Å²) in [5.41, 5.74) is 2.34. The highest BCUT2D eigenvalue weighted by Gasteiger charge is 2.19. The first-order chi connectivity index (χ1) is 9.67. The maximum absolute atomic E-state index is 11.9. The van der Waals surface area contributed by atoms with Crippen molar-refractivity contribution in [3.63, 3.8) is 0 Å². The van der Waals surface area contributed by atoms with Crippen LogP contribution in [0.25, 0.3) is 11.0 Å². The van der Waals surface area contributed by atoms with E-state index in [1.165, 1.54) is 0 Å². The van der Waals surface area contributed by atoms with Crippen LogP contribution in [0.4, 0.5) is 0 Å². The van der Waals surface area contributed by atoms with Crippen LogP contribution in [0.2, 0.25) is 0 Å². The Hall–Kier alpha value is -2.03.